The van der Waals surface area contributed by atoms with Crippen molar-refractivity contribution in [2.45, 2.75) is 37.7 Å². The quantitative estimate of drug-likeness (QED) is 0.810. The van der Waals surface area contributed by atoms with Crippen LogP contribution in [0.15, 0.2) is 36.5 Å². The summed E-state index contributed by atoms with van der Waals surface area (Å²) in [5, 5.41) is 11.9. The van der Waals surface area contributed by atoms with Gasteiger partial charge in [0.2, 0.25) is 0 Å². The Bertz CT molecular complexity index is 524. The summed E-state index contributed by atoms with van der Waals surface area (Å²) in [6, 6.07) is 10.1. The van der Waals surface area contributed by atoms with Gasteiger partial charge in [0.1, 0.15) is 0 Å². The Morgan fingerprint density at radius 1 is 1.00 bits per heavy atom. The lowest BCUT2D eigenvalue weighted by atomic mass is 9.79. The van der Waals surface area contributed by atoms with Crippen LogP contribution in [-0.4, -0.2) is 10.1 Å². The third-order valence-electron chi connectivity index (χ3n) is 3.81. The molecule has 88 valence electrons. The van der Waals surface area contributed by atoms with Crippen molar-refractivity contribution in [3.05, 3.63) is 42.1 Å². The van der Waals surface area contributed by atoms with Gasteiger partial charge in [-0.1, -0.05) is 43.5 Å². The molecule has 1 saturated carbocycles. The molecule has 0 atom stereocenters. The lowest BCUT2D eigenvalue weighted by Crippen LogP contribution is -2.28. The number of nitrogens with zero attached hydrogens (tertiary/aromatic N) is 1. The van der Waals surface area contributed by atoms with Gasteiger partial charge in [-0.25, -0.2) is 0 Å². The summed E-state index contributed by atoms with van der Waals surface area (Å²) in [5.74, 6) is 0. The highest BCUT2D eigenvalue weighted by molar-refractivity contribution is 5.82. The molecule has 2 aromatic rings. The minimum atomic E-state index is -0.661. The number of hydrogen-bond acceptors (Lipinski definition) is 2. The van der Waals surface area contributed by atoms with Crippen LogP contribution in [0, 0.1) is 0 Å². The first kappa shape index (κ1) is 10.7. The number of aliphatic hydroxyl groups is 1. The van der Waals surface area contributed by atoms with Crippen molar-refractivity contribution in [3.8, 4) is 0 Å². The van der Waals surface area contributed by atoms with Gasteiger partial charge in [-0.05, 0) is 18.9 Å². The maximum Gasteiger partial charge on any atom is 0.0917 e. The number of hydrogen-bond donors (Lipinski definition) is 1. The van der Waals surface area contributed by atoms with Crippen molar-refractivity contribution >= 4 is 10.9 Å². The van der Waals surface area contributed by atoms with Crippen molar-refractivity contribution < 1.29 is 5.11 Å². The number of pyridine rings is 1. The fourth-order valence-electron chi connectivity index (χ4n) is 2.89. The highest BCUT2D eigenvalue weighted by Gasteiger charge is 2.32. The van der Waals surface area contributed by atoms with Gasteiger partial charge in [-0.3, -0.25) is 4.98 Å². The summed E-state index contributed by atoms with van der Waals surface area (Å²) >= 11 is 0. The number of benzene rings is 1. The fraction of sp³-hybridized carbons (Fsp3) is 0.400. The Morgan fingerprint density at radius 3 is 2.59 bits per heavy atom. The largest absolute Gasteiger partial charge is 0.385 e. The van der Waals surface area contributed by atoms with Gasteiger partial charge < -0.3 is 5.11 Å². The van der Waals surface area contributed by atoms with Gasteiger partial charge in [0.15, 0.2) is 0 Å². The van der Waals surface area contributed by atoms with Gasteiger partial charge in [-0.2, -0.15) is 0 Å². The summed E-state index contributed by atoms with van der Waals surface area (Å²) in [7, 11) is 0. The van der Waals surface area contributed by atoms with Crippen molar-refractivity contribution in [2.75, 3.05) is 0 Å². The van der Waals surface area contributed by atoms with Crippen LogP contribution in [-0.2, 0) is 5.60 Å². The van der Waals surface area contributed by atoms with Crippen LogP contribution >= 0.6 is 0 Å². The molecule has 0 radical (unpaired) electrons. The summed E-state index contributed by atoms with van der Waals surface area (Å²) in [5.41, 5.74) is 1.31. The van der Waals surface area contributed by atoms with Crippen LogP contribution in [0.3, 0.4) is 0 Å². The normalized spacial score (nSPS) is 19.4. The van der Waals surface area contributed by atoms with E-state index in [4.69, 9.17) is 0 Å². The van der Waals surface area contributed by atoms with Crippen molar-refractivity contribution in [1.82, 2.24) is 4.98 Å². The van der Waals surface area contributed by atoms with Crippen molar-refractivity contribution in [3.63, 3.8) is 0 Å². The van der Waals surface area contributed by atoms with Gasteiger partial charge in [0.25, 0.3) is 0 Å². The first-order valence-electron chi connectivity index (χ1n) is 6.36. The number of fused-ring (bicyclic) bond motifs is 1. The third kappa shape index (κ3) is 1.83. The van der Waals surface area contributed by atoms with Crippen LogP contribution in [0.4, 0.5) is 0 Å². The van der Waals surface area contributed by atoms with E-state index >= 15 is 0 Å². The fourth-order valence-corrected chi connectivity index (χ4v) is 2.89. The molecular formula is C15H17NO. The Labute approximate surface area is 101 Å². The molecule has 0 aliphatic heterocycles. The monoisotopic (exact) mass is 227 g/mol. The van der Waals surface area contributed by atoms with E-state index < -0.39 is 5.60 Å². The van der Waals surface area contributed by atoms with Gasteiger partial charge in [0.05, 0.1) is 11.1 Å². The summed E-state index contributed by atoms with van der Waals surface area (Å²) in [6.45, 7) is 0. The molecule has 2 nitrogen and oxygen atoms in total. The van der Waals surface area contributed by atoms with E-state index in [1.165, 1.54) is 6.42 Å². The molecule has 17 heavy (non-hydrogen) atoms. The highest BCUT2D eigenvalue weighted by Crippen LogP contribution is 2.39. The molecule has 1 aliphatic carbocycles. The Hall–Kier alpha value is -1.41. The van der Waals surface area contributed by atoms with E-state index in [1.807, 2.05) is 18.2 Å². The molecule has 1 N–H and O–H groups in total. The number of aromatic nitrogens is 1. The standard InChI is InChI=1S/C15H17NO/c17-15(9-2-1-3-10-15)13-8-4-6-12-7-5-11-16-14(12)13/h4-8,11,17H,1-3,9-10H2. The molecule has 0 amide bonds. The summed E-state index contributed by atoms with van der Waals surface area (Å²) in [4.78, 5) is 4.44. The molecular weight excluding hydrogens is 210 g/mol. The maximum atomic E-state index is 10.8. The SMILES string of the molecule is OC1(c2cccc3cccnc23)CCCCC1. The van der Waals surface area contributed by atoms with E-state index in [0.717, 1.165) is 42.1 Å². The predicted octanol–water partition coefficient (Wildman–Crippen LogP) is 3.39. The second-order valence-corrected chi connectivity index (χ2v) is 4.97. The summed E-state index contributed by atoms with van der Waals surface area (Å²) in [6.07, 6.45) is 6.99. The lowest BCUT2D eigenvalue weighted by molar-refractivity contribution is 0.000603. The van der Waals surface area contributed by atoms with E-state index in [0.29, 0.717) is 0 Å². The minimum Gasteiger partial charge on any atom is -0.385 e. The van der Waals surface area contributed by atoms with Crippen LogP contribution < -0.4 is 0 Å². The van der Waals surface area contributed by atoms with E-state index in [9.17, 15) is 5.11 Å². The molecule has 1 aromatic heterocycles. The Kier molecular flexibility index (Phi) is 2.60. The maximum absolute atomic E-state index is 10.8. The van der Waals surface area contributed by atoms with Crippen LogP contribution in [0.25, 0.3) is 10.9 Å². The van der Waals surface area contributed by atoms with Gasteiger partial charge in [0, 0.05) is 17.1 Å². The van der Waals surface area contributed by atoms with E-state index in [-0.39, 0.29) is 0 Å². The molecule has 0 saturated heterocycles. The number of para-hydroxylation sites is 1. The number of rotatable bonds is 1. The Balaban J connectivity index is 2.16. The Morgan fingerprint density at radius 2 is 1.76 bits per heavy atom. The molecule has 1 aromatic carbocycles. The molecule has 0 unspecified atom stereocenters. The first-order valence-corrected chi connectivity index (χ1v) is 6.36. The smallest absolute Gasteiger partial charge is 0.0917 e. The lowest BCUT2D eigenvalue weighted by Gasteiger charge is -2.33. The average molecular weight is 227 g/mol. The zero-order valence-electron chi connectivity index (χ0n) is 9.89. The zero-order chi connectivity index (χ0) is 11.7. The van der Waals surface area contributed by atoms with Crippen LogP contribution in [0.1, 0.15) is 37.7 Å². The topological polar surface area (TPSA) is 33.1 Å². The third-order valence-corrected chi connectivity index (χ3v) is 3.81. The molecule has 3 rings (SSSR count). The van der Waals surface area contributed by atoms with E-state index in [2.05, 4.69) is 17.1 Å². The van der Waals surface area contributed by atoms with Crippen molar-refractivity contribution in [2.24, 2.45) is 0 Å². The highest BCUT2D eigenvalue weighted by atomic mass is 16.3. The first-order chi connectivity index (χ1) is 8.30. The van der Waals surface area contributed by atoms with E-state index in [1.54, 1.807) is 6.20 Å². The second kappa shape index (κ2) is 4.11. The molecule has 2 heteroatoms. The predicted molar refractivity (Wildman–Crippen MR) is 68.7 cm³/mol. The molecule has 1 aliphatic rings. The van der Waals surface area contributed by atoms with Crippen molar-refractivity contribution in [1.29, 1.82) is 0 Å². The second-order valence-electron chi connectivity index (χ2n) is 4.97. The zero-order valence-corrected chi connectivity index (χ0v) is 9.89. The molecule has 0 spiro atoms. The molecule has 0 bridgehead atoms. The van der Waals surface area contributed by atoms with Crippen LogP contribution in [0.2, 0.25) is 0 Å². The van der Waals surface area contributed by atoms with Gasteiger partial charge in [-0.15, -0.1) is 0 Å². The summed E-state index contributed by atoms with van der Waals surface area (Å²) < 4.78 is 0. The minimum absolute atomic E-state index is 0.661. The van der Waals surface area contributed by atoms with Gasteiger partial charge >= 0.3 is 0 Å². The molecule has 1 heterocycles. The molecule has 1 fully saturated rings. The average Bonchev–Trinajstić information content (AvgIpc) is 2.39. The van der Waals surface area contributed by atoms with Crippen LogP contribution in [0.5, 0.6) is 0 Å².